The molecule has 0 spiro atoms. The van der Waals surface area contributed by atoms with Crippen LogP contribution in [0.15, 0.2) is 109 Å². The van der Waals surface area contributed by atoms with Crippen LogP contribution in [0.1, 0.15) is 74.9 Å². The fourth-order valence-corrected chi connectivity index (χ4v) is 5.20. The molecule has 278 valence electrons. The standard InChI is InChI=1S/C22H29NO3.C22H27NO3/c2*1-22(2,3)26-21(25)23(15-13-18-7-5-4-6-8-18)17-20-11-9-19(10-12-20)14-16-24/h4-12,24H,13-17H2,1-3H3;4-12,16H,13-15,17H2,1-3H3. The van der Waals surface area contributed by atoms with E-state index in [0.29, 0.717) is 39.0 Å². The molecule has 52 heavy (non-hydrogen) atoms. The van der Waals surface area contributed by atoms with Gasteiger partial charge in [-0.2, -0.15) is 0 Å². The first-order valence-corrected chi connectivity index (χ1v) is 18.0. The summed E-state index contributed by atoms with van der Waals surface area (Å²) in [6.07, 6.45) is 2.88. The zero-order valence-electron chi connectivity index (χ0n) is 31.7. The number of carbonyl (C=O) groups excluding carboxylic acids is 3. The third-order valence-corrected chi connectivity index (χ3v) is 7.84. The summed E-state index contributed by atoms with van der Waals surface area (Å²) in [7, 11) is 0. The quantitative estimate of drug-likeness (QED) is 0.132. The average Bonchev–Trinajstić information content (AvgIpc) is 3.10. The Balaban J connectivity index is 0.000000280. The van der Waals surface area contributed by atoms with Crippen molar-refractivity contribution in [2.75, 3.05) is 19.7 Å². The first-order valence-electron chi connectivity index (χ1n) is 18.0. The van der Waals surface area contributed by atoms with Gasteiger partial charge in [-0.05, 0) is 94.2 Å². The van der Waals surface area contributed by atoms with Gasteiger partial charge in [0.2, 0.25) is 0 Å². The lowest BCUT2D eigenvalue weighted by molar-refractivity contribution is -0.107. The summed E-state index contributed by atoms with van der Waals surface area (Å²) in [6.45, 7) is 13.5. The lowest BCUT2D eigenvalue weighted by Crippen LogP contribution is -2.37. The molecule has 0 atom stereocenters. The normalized spacial score (nSPS) is 11.1. The van der Waals surface area contributed by atoms with Crippen LogP contribution in [-0.2, 0) is 53.0 Å². The Hall–Kier alpha value is -4.95. The number of aliphatic hydroxyl groups is 1. The molecular weight excluding hydrogens is 652 g/mol. The molecule has 0 unspecified atom stereocenters. The summed E-state index contributed by atoms with van der Waals surface area (Å²) in [6, 6.07) is 36.0. The highest BCUT2D eigenvalue weighted by molar-refractivity contribution is 5.68. The highest BCUT2D eigenvalue weighted by Crippen LogP contribution is 2.17. The molecule has 0 heterocycles. The van der Waals surface area contributed by atoms with Gasteiger partial charge in [-0.3, -0.25) is 0 Å². The number of benzene rings is 4. The van der Waals surface area contributed by atoms with Crippen molar-refractivity contribution < 1.29 is 29.0 Å². The lowest BCUT2D eigenvalue weighted by Gasteiger charge is -2.27. The van der Waals surface area contributed by atoms with E-state index < -0.39 is 11.2 Å². The number of rotatable bonds is 14. The van der Waals surface area contributed by atoms with E-state index in [1.807, 2.05) is 126 Å². The number of nitrogens with zero attached hydrogens (tertiary/aromatic N) is 2. The van der Waals surface area contributed by atoms with Gasteiger partial charge in [0.1, 0.15) is 17.5 Å². The molecule has 2 amide bonds. The molecule has 0 radical (unpaired) electrons. The summed E-state index contributed by atoms with van der Waals surface area (Å²) >= 11 is 0. The number of amides is 2. The predicted molar refractivity (Wildman–Crippen MR) is 207 cm³/mol. The Labute approximate surface area is 310 Å². The second kappa shape index (κ2) is 20.8. The van der Waals surface area contributed by atoms with Crippen molar-refractivity contribution in [3.8, 4) is 0 Å². The summed E-state index contributed by atoms with van der Waals surface area (Å²) in [5.74, 6) is 0. The highest BCUT2D eigenvalue weighted by atomic mass is 16.6. The number of aliphatic hydroxyl groups excluding tert-OH is 1. The van der Waals surface area contributed by atoms with Crippen LogP contribution in [0, 0.1) is 0 Å². The molecule has 8 heteroatoms. The van der Waals surface area contributed by atoms with Gasteiger partial charge in [0.15, 0.2) is 0 Å². The van der Waals surface area contributed by atoms with Gasteiger partial charge in [-0.25, -0.2) is 9.59 Å². The number of aldehydes is 1. The number of hydrogen-bond donors (Lipinski definition) is 1. The Kier molecular flexibility index (Phi) is 16.6. The largest absolute Gasteiger partial charge is 0.444 e. The fourth-order valence-electron chi connectivity index (χ4n) is 5.20. The molecule has 0 aliphatic carbocycles. The summed E-state index contributed by atoms with van der Waals surface area (Å²) in [5.41, 5.74) is 5.44. The summed E-state index contributed by atoms with van der Waals surface area (Å²) in [4.78, 5) is 39.3. The number of hydrogen-bond acceptors (Lipinski definition) is 6. The Morgan fingerprint density at radius 2 is 0.885 bits per heavy atom. The monoisotopic (exact) mass is 708 g/mol. The lowest BCUT2D eigenvalue weighted by atomic mass is 10.1. The minimum atomic E-state index is -0.532. The van der Waals surface area contributed by atoms with Crippen molar-refractivity contribution in [3.05, 3.63) is 143 Å². The van der Waals surface area contributed by atoms with E-state index in [1.165, 1.54) is 11.1 Å². The van der Waals surface area contributed by atoms with Gasteiger partial charge in [-0.15, -0.1) is 0 Å². The Morgan fingerprint density at radius 3 is 1.23 bits per heavy atom. The molecule has 0 saturated heterocycles. The van der Waals surface area contributed by atoms with Gasteiger partial charge in [0.05, 0.1) is 0 Å². The summed E-state index contributed by atoms with van der Waals surface area (Å²) < 4.78 is 11.1. The van der Waals surface area contributed by atoms with Gasteiger partial charge in [0, 0.05) is 39.2 Å². The van der Waals surface area contributed by atoms with E-state index in [2.05, 4.69) is 24.3 Å². The molecule has 0 aromatic heterocycles. The molecule has 0 fully saturated rings. The van der Waals surface area contributed by atoms with Crippen LogP contribution in [0.5, 0.6) is 0 Å². The van der Waals surface area contributed by atoms with Crippen LogP contribution < -0.4 is 0 Å². The molecule has 8 nitrogen and oxygen atoms in total. The minimum absolute atomic E-state index is 0.139. The third-order valence-electron chi connectivity index (χ3n) is 7.84. The summed E-state index contributed by atoms with van der Waals surface area (Å²) in [5, 5.41) is 9.02. The maximum Gasteiger partial charge on any atom is 0.410 e. The van der Waals surface area contributed by atoms with Crippen molar-refractivity contribution in [1.82, 2.24) is 9.80 Å². The second-order valence-corrected chi connectivity index (χ2v) is 14.8. The van der Waals surface area contributed by atoms with Gasteiger partial charge < -0.3 is 29.2 Å². The molecule has 4 aromatic rings. The van der Waals surface area contributed by atoms with Crippen molar-refractivity contribution in [3.63, 3.8) is 0 Å². The molecular formula is C44H56N2O6. The van der Waals surface area contributed by atoms with Crippen molar-refractivity contribution in [2.24, 2.45) is 0 Å². The number of carbonyl (C=O) groups is 3. The van der Waals surface area contributed by atoms with Crippen LogP contribution >= 0.6 is 0 Å². The van der Waals surface area contributed by atoms with E-state index in [1.54, 1.807) is 9.80 Å². The number of ether oxygens (including phenoxy) is 2. The smallest absolute Gasteiger partial charge is 0.410 e. The van der Waals surface area contributed by atoms with Gasteiger partial charge >= 0.3 is 12.2 Å². The van der Waals surface area contributed by atoms with Gasteiger partial charge in [0.25, 0.3) is 0 Å². The average molecular weight is 709 g/mol. The molecule has 0 bridgehead atoms. The molecule has 1 N–H and O–H groups in total. The van der Waals surface area contributed by atoms with E-state index in [0.717, 1.165) is 41.4 Å². The van der Waals surface area contributed by atoms with Crippen LogP contribution in [0.25, 0.3) is 0 Å². The zero-order chi connectivity index (χ0) is 38.0. The fraction of sp³-hybridized carbons (Fsp3) is 0.386. The minimum Gasteiger partial charge on any atom is -0.444 e. The van der Waals surface area contributed by atoms with E-state index in [4.69, 9.17) is 14.6 Å². The second-order valence-electron chi connectivity index (χ2n) is 14.8. The first-order chi connectivity index (χ1) is 24.7. The molecule has 0 aliphatic rings. The van der Waals surface area contributed by atoms with E-state index >= 15 is 0 Å². The van der Waals surface area contributed by atoms with Crippen molar-refractivity contribution in [2.45, 2.75) is 91.5 Å². The molecule has 4 aromatic carbocycles. The topological polar surface area (TPSA) is 96.4 Å². The van der Waals surface area contributed by atoms with Crippen molar-refractivity contribution in [1.29, 1.82) is 0 Å². The van der Waals surface area contributed by atoms with E-state index in [-0.39, 0.29) is 18.8 Å². The molecule has 0 saturated carbocycles. The third kappa shape index (κ3) is 16.4. The first kappa shape index (κ1) is 41.5. The Morgan fingerprint density at radius 1 is 0.538 bits per heavy atom. The molecule has 0 aliphatic heterocycles. The van der Waals surface area contributed by atoms with Crippen LogP contribution in [0.3, 0.4) is 0 Å². The maximum absolute atomic E-state index is 12.6. The Bertz CT molecular complexity index is 1630. The van der Waals surface area contributed by atoms with Crippen LogP contribution in [0.2, 0.25) is 0 Å². The van der Waals surface area contributed by atoms with Gasteiger partial charge in [-0.1, -0.05) is 109 Å². The predicted octanol–water partition coefficient (Wildman–Crippen LogP) is 8.61. The SMILES string of the molecule is CC(C)(C)OC(=O)N(CCc1ccccc1)Cc1ccc(CC=O)cc1.CC(C)(C)OC(=O)N(CCc1ccccc1)Cc1ccc(CCO)cc1. The van der Waals surface area contributed by atoms with Crippen LogP contribution in [-0.4, -0.2) is 64.3 Å². The maximum atomic E-state index is 12.6. The van der Waals surface area contributed by atoms with Crippen molar-refractivity contribution >= 4 is 18.5 Å². The van der Waals surface area contributed by atoms with E-state index in [9.17, 15) is 14.4 Å². The molecule has 4 rings (SSSR count). The zero-order valence-corrected chi connectivity index (χ0v) is 31.7. The highest BCUT2D eigenvalue weighted by Gasteiger charge is 2.23. The van der Waals surface area contributed by atoms with Crippen LogP contribution in [0.4, 0.5) is 9.59 Å².